The molecule has 9 heteroatoms. The van der Waals surface area contributed by atoms with E-state index in [1.807, 2.05) is 72.8 Å². The molecule has 0 aliphatic rings. The summed E-state index contributed by atoms with van der Waals surface area (Å²) in [4.78, 5) is 13.1. The first-order chi connectivity index (χ1) is 17.0. The van der Waals surface area contributed by atoms with Crippen LogP contribution < -0.4 is 21.2 Å². The Hall–Kier alpha value is -4.63. The summed E-state index contributed by atoms with van der Waals surface area (Å²) in [6.07, 6.45) is 0.661. The number of ether oxygens (including phenoxy) is 1. The molecule has 0 saturated heterocycles. The van der Waals surface area contributed by atoms with E-state index in [0.29, 0.717) is 0 Å². The molecular weight excluding hydrogens is 444 g/mol. The maximum Gasteiger partial charge on any atom is 0.278 e. The van der Waals surface area contributed by atoms with E-state index < -0.39 is 12.0 Å². The Morgan fingerprint density at radius 3 is 2.40 bits per heavy atom. The summed E-state index contributed by atoms with van der Waals surface area (Å²) in [6, 6.07) is 25.7. The minimum absolute atomic E-state index is 0.0711. The number of carbonyl (C=O) groups excluding carboxylic acids is 1. The van der Waals surface area contributed by atoms with E-state index in [4.69, 9.17) is 10.5 Å². The van der Waals surface area contributed by atoms with Crippen molar-refractivity contribution in [1.29, 1.82) is 0 Å². The number of aromatic nitrogens is 2. The van der Waals surface area contributed by atoms with Gasteiger partial charge in [0.25, 0.3) is 5.91 Å². The quantitative estimate of drug-likeness (QED) is 0.218. The van der Waals surface area contributed by atoms with Crippen LogP contribution >= 0.6 is 0 Å². The van der Waals surface area contributed by atoms with Gasteiger partial charge in [0.05, 0.1) is 26.0 Å². The molecule has 0 radical (unpaired) electrons. The van der Waals surface area contributed by atoms with Gasteiger partial charge in [-0.1, -0.05) is 48.5 Å². The predicted octanol–water partition coefficient (Wildman–Crippen LogP) is 3.72. The van der Waals surface area contributed by atoms with Crippen molar-refractivity contribution < 1.29 is 14.6 Å². The summed E-state index contributed by atoms with van der Waals surface area (Å²) in [5, 5.41) is 22.3. The van der Waals surface area contributed by atoms with Crippen LogP contribution in [0.4, 0.5) is 17.3 Å². The molecule has 1 unspecified atom stereocenters. The molecular formula is C26H26N6O3. The minimum atomic E-state index is -0.855. The summed E-state index contributed by atoms with van der Waals surface area (Å²) in [7, 11) is 1.59. The average molecular weight is 471 g/mol. The third-order valence-corrected chi connectivity index (χ3v) is 5.28. The third-order valence-electron chi connectivity index (χ3n) is 5.28. The minimum Gasteiger partial charge on any atom is -0.497 e. The lowest BCUT2D eigenvalue weighted by molar-refractivity contribution is 0.0956. The molecule has 4 aromatic rings. The first-order valence-corrected chi connectivity index (χ1v) is 10.9. The van der Waals surface area contributed by atoms with Crippen molar-refractivity contribution in [2.75, 3.05) is 18.2 Å². The molecule has 3 aromatic carbocycles. The molecule has 5 N–H and O–H groups in total. The highest BCUT2D eigenvalue weighted by molar-refractivity contribution is 6.04. The van der Waals surface area contributed by atoms with Gasteiger partial charge >= 0.3 is 0 Å². The molecule has 0 bridgehead atoms. The third kappa shape index (κ3) is 5.84. The fourth-order valence-electron chi connectivity index (χ4n) is 3.44. The Bertz CT molecular complexity index is 1290. The van der Waals surface area contributed by atoms with Crippen molar-refractivity contribution >= 4 is 29.4 Å². The predicted molar refractivity (Wildman–Crippen MR) is 136 cm³/mol. The number of nitrogen functional groups attached to an aromatic ring is 1. The van der Waals surface area contributed by atoms with Crippen LogP contribution in [0.15, 0.2) is 90.0 Å². The van der Waals surface area contributed by atoms with E-state index in [2.05, 4.69) is 20.9 Å². The Balaban J connectivity index is 1.57. The number of nitrogens with two attached hydrogens (primary N) is 1. The van der Waals surface area contributed by atoms with Crippen LogP contribution in [0.5, 0.6) is 5.75 Å². The monoisotopic (exact) mass is 470 g/mol. The van der Waals surface area contributed by atoms with Crippen molar-refractivity contribution in [2.24, 2.45) is 5.10 Å². The van der Waals surface area contributed by atoms with Crippen LogP contribution in [-0.4, -0.2) is 34.1 Å². The Labute approximate surface area is 202 Å². The number of aliphatic hydroxyl groups excluding tert-OH is 1. The van der Waals surface area contributed by atoms with Gasteiger partial charge in [0.15, 0.2) is 5.82 Å². The van der Waals surface area contributed by atoms with Crippen LogP contribution in [-0.2, 0) is 6.54 Å². The van der Waals surface area contributed by atoms with Gasteiger partial charge in [-0.2, -0.15) is 10.2 Å². The first kappa shape index (κ1) is 23.5. The van der Waals surface area contributed by atoms with E-state index in [0.717, 1.165) is 22.6 Å². The fraction of sp³-hybridized carbons (Fsp3) is 0.115. The van der Waals surface area contributed by atoms with Gasteiger partial charge in [0, 0.05) is 5.69 Å². The highest BCUT2D eigenvalue weighted by atomic mass is 16.5. The van der Waals surface area contributed by atoms with Gasteiger partial charge in [-0.3, -0.25) is 4.79 Å². The van der Waals surface area contributed by atoms with Crippen molar-refractivity contribution in [3.8, 4) is 5.75 Å². The van der Waals surface area contributed by atoms with Crippen molar-refractivity contribution in [3.05, 3.63) is 102 Å². The molecule has 0 saturated carbocycles. The number of hydrogen-bond acceptors (Lipinski definition) is 7. The zero-order valence-corrected chi connectivity index (χ0v) is 19.1. The maximum atomic E-state index is 13.1. The largest absolute Gasteiger partial charge is 0.497 e. The molecule has 1 atom stereocenters. The van der Waals surface area contributed by atoms with Gasteiger partial charge in [0.1, 0.15) is 17.1 Å². The van der Waals surface area contributed by atoms with E-state index in [1.165, 1.54) is 10.9 Å². The topological polar surface area (TPSA) is 127 Å². The van der Waals surface area contributed by atoms with Crippen LogP contribution in [0.25, 0.3) is 0 Å². The van der Waals surface area contributed by atoms with Gasteiger partial charge in [0.2, 0.25) is 0 Å². The number of rotatable bonds is 9. The highest BCUT2D eigenvalue weighted by Gasteiger charge is 2.24. The average Bonchev–Trinajstić information content (AvgIpc) is 3.19. The Morgan fingerprint density at radius 2 is 1.74 bits per heavy atom. The standard InChI is InChI=1S/C26H26N6O3/c1-35-21-14-12-18(13-15-21)16-28-30-26(34)23-24(27)32(17-22(33)19-8-4-2-5-9-19)31-25(23)29-20-10-6-3-7-11-20/h2-16,22,33H,17,27H2,1H3,(H,29,31)(H,30,34)/b28-16+. The van der Waals surface area contributed by atoms with Crippen LogP contribution in [0.3, 0.4) is 0 Å². The van der Waals surface area contributed by atoms with Gasteiger partial charge in [-0.15, -0.1) is 0 Å². The van der Waals surface area contributed by atoms with Crippen molar-refractivity contribution in [2.45, 2.75) is 12.6 Å². The number of aliphatic hydroxyl groups is 1. The number of hydrazone groups is 1. The molecule has 1 amide bonds. The lowest BCUT2D eigenvalue weighted by Crippen LogP contribution is -2.20. The number of para-hydroxylation sites is 1. The van der Waals surface area contributed by atoms with E-state index in [-0.39, 0.29) is 23.7 Å². The second kappa shape index (κ2) is 11.0. The smallest absolute Gasteiger partial charge is 0.278 e. The fourth-order valence-corrected chi connectivity index (χ4v) is 3.44. The van der Waals surface area contributed by atoms with Crippen molar-refractivity contribution in [3.63, 3.8) is 0 Å². The first-order valence-electron chi connectivity index (χ1n) is 10.9. The number of nitrogens with zero attached hydrogens (tertiary/aromatic N) is 3. The molecule has 35 heavy (non-hydrogen) atoms. The zero-order chi connectivity index (χ0) is 24.6. The summed E-state index contributed by atoms with van der Waals surface area (Å²) in [5.41, 5.74) is 11.2. The van der Waals surface area contributed by atoms with Crippen molar-refractivity contribution in [1.82, 2.24) is 15.2 Å². The summed E-state index contributed by atoms with van der Waals surface area (Å²) in [5.74, 6) is 0.550. The number of hydrogen-bond donors (Lipinski definition) is 4. The summed E-state index contributed by atoms with van der Waals surface area (Å²) >= 11 is 0. The summed E-state index contributed by atoms with van der Waals surface area (Å²) < 4.78 is 6.55. The number of methoxy groups -OCH3 is 1. The molecule has 1 heterocycles. The van der Waals surface area contributed by atoms with Crippen LogP contribution in [0.1, 0.15) is 27.6 Å². The van der Waals surface area contributed by atoms with Crippen LogP contribution in [0.2, 0.25) is 0 Å². The SMILES string of the molecule is COc1ccc(/C=N/NC(=O)c2c(Nc3ccccc3)nn(CC(O)c3ccccc3)c2N)cc1. The van der Waals surface area contributed by atoms with Crippen LogP contribution in [0, 0.1) is 0 Å². The number of anilines is 3. The molecule has 1 aromatic heterocycles. The number of nitrogens with one attached hydrogen (secondary N) is 2. The van der Waals surface area contributed by atoms with E-state index in [1.54, 1.807) is 19.2 Å². The maximum absolute atomic E-state index is 13.1. The zero-order valence-electron chi connectivity index (χ0n) is 19.1. The Morgan fingerprint density at radius 1 is 1.09 bits per heavy atom. The lowest BCUT2D eigenvalue weighted by Gasteiger charge is -2.12. The molecule has 4 rings (SSSR count). The molecule has 9 nitrogen and oxygen atoms in total. The van der Waals surface area contributed by atoms with Gasteiger partial charge in [-0.25, -0.2) is 10.1 Å². The highest BCUT2D eigenvalue weighted by Crippen LogP contribution is 2.27. The number of carbonyl (C=O) groups is 1. The number of amides is 1. The van der Waals surface area contributed by atoms with E-state index >= 15 is 0 Å². The lowest BCUT2D eigenvalue weighted by atomic mass is 10.1. The molecule has 0 spiro atoms. The molecule has 0 fully saturated rings. The summed E-state index contributed by atoms with van der Waals surface area (Å²) in [6.45, 7) is 0.0711. The second-order valence-corrected chi connectivity index (χ2v) is 7.68. The molecule has 178 valence electrons. The van der Waals surface area contributed by atoms with E-state index in [9.17, 15) is 9.90 Å². The normalized spacial score (nSPS) is 11.8. The molecule has 0 aliphatic carbocycles. The molecule has 0 aliphatic heterocycles. The van der Waals surface area contributed by atoms with Gasteiger partial charge in [-0.05, 0) is 47.5 Å². The Kier molecular flexibility index (Phi) is 7.39. The van der Waals surface area contributed by atoms with Gasteiger partial charge < -0.3 is 20.9 Å². The second-order valence-electron chi connectivity index (χ2n) is 7.68. The number of benzene rings is 3.